The maximum atomic E-state index is 14.3. The quantitative estimate of drug-likeness (QED) is 0.0936. The molecule has 5 rings (SSSR count). The Morgan fingerprint density at radius 2 is 1.46 bits per heavy atom. The minimum atomic E-state index is -4.37. The summed E-state index contributed by atoms with van der Waals surface area (Å²) < 4.78 is 78.4. The minimum absolute atomic E-state index is 0.0306. The second-order valence-corrected chi connectivity index (χ2v) is 20.5. The van der Waals surface area contributed by atoms with Crippen molar-refractivity contribution in [3.8, 4) is 0 Å². The molecule has 2 saturated carbocycles. The Morgan fingerprint density at radius 1 is 0.877 bits per heavy atom. The maximum absolute atomic E-state index is 14.3. The Bertz CT molecular complexity index is 2130. The van der Waals surface area contributed by atoms with E-state index >= 15 is 0 Å². The third kappa shape index (κ3) is 12.9. The van der Waals surface area contributed by atoms with E-state index in [9.17, 15) is 32.0 Å². The molecule has 2 aliphatic carbocycles. The standard InChI is InChI=1S/C47H74FN5O11S/c1-30(2)34-23-35(31(3)4)42(36(24-34)32(5)6)65(58,59)51-37(26-48)43(55)50-27-40(54)49-21-16-22-52-44(56)33(7)28-53(45(52)57)41-25-38(64-47(61-9)19-14-11-15-20-47)39(63-41)29-62-46(60-8)17-12-10-13-18-46/h23-24,28,30-32,37-39,41,51H,10-22,25-27,29H2,1-9H3,(H,49,54)(H,50,55)/t37?,38-,39+,41+/m0/s1. The molecule has 4 atom stereocenters. The normalized spacial score (nSPS) is 21.5. The molecule has 3 fully saturated rings. The molecule has 1 aromatic heterocycles. The zero-order valence-electron chi connectivity index (χ0n) is 40.0. The van der Waals surface area contributed by atoms with Gasteiger partial charge in [0.1, 0.15) is 25.0 Å². The fraction of sp³-hybridized carbons (Fsp3) is 0.745. The molecule has 3 aliphatic rings. The van der Waals surface area contributed by atoms with Gasteiger partial charge in [-0.05, 0) is 73.5 Å². The molecular weight excluding hydrogens is 862 g/mol. The lowest BCUT2D eigenvalue weighted by Gasteiger charge is -2.40. The molecule has 0 spiro atoms. The highest BCUT2D eigenvalue weighted by Crippen LogP contribution is 2.41. The fourth-order valence-corrected chi connectivity index (χ4v) is 11.1. The Hall–Kier alpha value is -3.52. The number of ether oxygens (including phenoxy) is 5. The number of sulfonamides is 1. The summed E-state index contributed by atoms with van der Waals surface area (Å²) in [5.41, 5.74) is 1.38. The van der Waals surface area contributed by atoms with Crippen molar-refractivity contribution in [3.63, 3.8) is 0 Å². The first kappa shape index (κ1) is 52.4. The number of amides is 2. The number of methoxy groups -OCH3 is 2. The van der Waals surface area contributed by atoms with E-state index in [1.807, 2.05) is 53.7 Å². The van der Waals surface area contributed by atoms with E-state index in [1.54, 1.807) is 21.1 Å². The van der Waals surface area contributed by atoms with E-state index < -0.39 is 82.4 Å². The van der Waals surface area contributed by atoms with E-state index in [0.29, 0.717) is 23.1 Å². The van der Waals surface area contributed by atoms with Gasteiger partial charge in [-0.15, -0.1) is 0 Å². The number of nitrogens with one attached hydrogen (secondary N) is 3. The van der Waals surface area contributed by atoms with Crippen LogP contribution in [0.5, 0.6) is 0 Å². The van der Waals surface area contributed by atoms with Crippen LogP contribution >= 0.6 is 0 Å². The topological polar surface area (TPSA) is 195 Å². The number of hydrogen-bond acceptors (Lipinski definition) is 11. The van der Waals surface area contributed by atoms with Gasteiger partial charge in [0.2, 0.25) is 21.8 Å². The molecule has 16 nitrogen and oxygen atoms in total. The second-order valence-electron chi connectivity index (χ2n) is 18.9. The SMILES string of the molecule is COC1(OC[C@H]2O[C@@H](n3cc(C)c(=O)n(CCCNC(=O)CNC(=O)C(CF)NS(=O)(=O)c4c(C(C)C)cc(C(C)C)cc4C(C)C)c3=O)C[C@@H]2OC2(OC)CCCCC2)CCCCC1. The van der Waals surface area contributed by atoms with Crippen molar-refractivity contribution in [1.29, 1.82) is 0 Å². The molecular formula is C47H74FN5O11S. The molecule has 0 radical (unpaired) electrons. The van der Waals surface area contributed by atoms with Gasteiger partial charge >= 0.3 is 5.69 Å². The summed E-state index contributed by atoms with van der Waals surface area (Å²) in [5.74, 6) is -3.35. The average Bonchev–Trinajstić information content (AvgIpc) is 3.68. The van der Waals surface area contributed by atoms with Crippen molar-refractivity contribution < 1.29 is 46.1 Å². The van der Waals surface area contributed by atoms with Gasteiger partial charge in [0.05, 0.1) is 24.2 Å². The molecule has 1 saturated heterocycles. The molecule has 18 heteroatoms. The van der Waals surface area contributed by atoms with Crippen molar-refractivity contribution in [2.24, 2.45) is 0 Å². The van der Waals surface area contributed by atoms with Gasteiger partial charge in [0.15, 0.2) is 11.6 Å². The number of hydrogen-bond donors (Lipinski definition) is 3. The number of alkyl halides is 1. The van der Waals surface area contributed by atoms with E-state index in [0.717, 1.165) is 74.3 Å². The second kappa shape index (κ2) is 23.0. The number of nitrogens with zero attached hydrogens (tertiary/aromatic N) is 2. The zero-order chi connectivity index (χ0) is 47.7. The lowest BCUT2D eigenvalue weighted by molar-refractivity contribution is -0.282. The lowest BCUT2D eigenvalue weighted by Crippen LogP contribution is -2.50. The highest BCUT2D eigenvalue weighted by molar-refractivity contribution is 7.89. The number of rotatable bonds is 22. The van der Waals surface area contributed by atoms with Gasteiger partial charge in [-0.1, -0.05) is 66.5 Å². The van der Waals surface area contributed by atoms with Crippen LogP contribution in [0.2, 0.25) is 0 Å². The summed E-state index contributed by atoms with van der Waals surface area (Å²) in [6.07, 6.45) is 9.33. The van der Waals surface area contributed by atoms with Crippen molar-refractivity contribution >= 4 is 21.8 Å². The van der Waals surface area contributed by atoms with Gasteiger partial charge in [0.25, 0.3) is 5.56 Å². The van der Waals surface area contributed by atoms with Crippen LogP contribution in [0.15, 0.2) is 32.8 Å². The van der Waals surface area contributed by atoms with Crippen molar-refractivity contribution in [3.05, 3.63) is 61.4 Å². The molecule has 2 amide bonds. The summed E-state index contributed by atoms with van der Waals surface area (Å²) in [5, 5.41) is 4.96. The number of aryl methyl sites for hydroxylation is 1. The summed E-state index contributed by atoms with van der Waals surface area (Å²) in [7, 11) is -1.06. The Labute approximate surface area is 384 Å². The lowest BCUT2D eigenvalue weighted by atomic mass is 9.89. The number of benzene rings is 1. The fourth-order valence-electron chi connectivity index (χ4n) is 9.19. The van der Waals surface area contributed by atoms with Crippen LogP contribution in [0.25, 0.3) is 0 Å². The molecule has 65 heavy (non-hydrogen) atoms. The number of carbonyl (C=O) groups is 2. The van der Waals surface area contributed by atoms with Gasteiger partial charge in [-0.3, -0.25) is 23.5 Å². The summed E-state index contributed by atoms with van der Waals surface area (Å²) in [4.78, 5) is 53.2. The van der Waals surface area contributed by atoms with Crippen LogP contribution in [0, 0.1) is 6.92 Å². The van der Waals surface area contributed by atoms with Crippen LogP contribution in [-0.4, -0.2) is 99.8 Å². The Balaban J connectivity index is 1.20. The summed E-state index contributed by atoms with van der Waals surface area (Å²) in [6, 6.07) is 1.91. The largest absolute Gasteiger partial charge is 0.355 e. The third-order valence-corrected chi connectivity index (χ3v) is 14.7. The molecule has 366 valence electrons. The highest BCUT2D eigenvalue weighted by Gasteiger charge is 2.46. The van der Waals surface area contributed by atoms with E-state index in [-0.39, 0.29) is 48.8 Å². The van der Waals surface area contributed by atoms with Gasteiger partial charge in [-0.25, -0.2) is 17.6 Å². The van der Waals surface area contributed by atoms with Gasteiger partial charge < -0.3 is 34.3 Å². The molecule has 1 aromatic carbocycles. The van der Waals surface area contributed by atoms with Gasteiger partial charge in [-0.2, -0.15) is 4.72 Å². The molecule has 1 aliphatic heterocycles. The number of carbonyl (C=O) groups excluding carboxylic acids is 2. The van der Waals surface area contributed by atoms with E-state index in [1.165, 1.54) is 10.8 Å². The van der Waals surface area contributed by atoms with Crippen LogP contribution in [0.1, 0.15) is 165 Å². The predicted molar refractivity (Wildman–Crippen MR) is 244 cm³/mol. The van der Waals surface area contributed by atoms with Crippen molar-refractivity contribution in [2.75, 3.05) is 40.6 Å². The molecule has 2 heterocycles. The smallest absolute Gasteiger partial charge is 0.333 e. The van der Waals surface area contributed by atoms with Crippen LogP contribution in [-0.2, 0) is 49.8 Å². The number of halogens is 1. The first-order chi connectivity index (χ1) is 30.8. The minimum Gasteiger partial charge on any atom is -0.355 e. The monoisotopic (exact) mass is 936 g/mol. The molecule has 1 unspecified atom stereocenters. The van der Waals surface area contributed by atoms with Crippen LogP contribution in [0.4, 0.5) is 4.39 Å². The summed E-state index contributed by atoms with van der Waals surface area (Å²) in [6.45, 7) is 11.4. The first-order valence-corrected chi connectivity index (χ1v) is 25.0. The summed E-state index contributed by atoms with van der Waals surface area (Å²) >= 11 is 0. The molecule has 2 aromatic rings. The van der Waals surface area contributed by atoms with Gasteiger partial charge in [0, 0.05) is 71.2 Å². The van der Waals surface area contributed by atoms with E-state index in [4.69, 9.17) is 23.7 Å². The molecule has 3 N–H and O–H groups in total. The predicted octanol–water partition coefficient (Wildman–Crippen LogP) is 5.93. The molecule has 0 bridgehead atoms. The highest BCUT2D eigenvalue weighted by atomic mass is 32.2. The van der Waals surface area contributed by atoms with Crippen LogP contribution in [0.3, 0.4) is 0 Å². The third-order valence-electron chi connectivity index (χ3n) is 13.1. The Kier molecular flexibility index (Phi) is 18.5. The average molecular weight is 936 g/mol. The zero-order valence-corrected chi connectivity index (χ0v) is 40.8. The van der Waals surface area contributed by atoms with E-state index in [2.05, 4.69) is 15.4 Å². The number of aromatic nitrogens is 2. The van der Waals surface area contributed by atoms with Crippen LogP contribution < -0.4 is 26.6 Å². The van der Waals surface area contributed by atoms with Crippen molar-refractivity contribution in [1.82, 2.24) is 24.5 Å². The maximum Gasteiger partial charge on any atom is 0.333 e. The first-order valence-electron chi connectivity index (χ1n) is 23.5. The Morgan fingerprint density at radius 3 is 2.00 bits per heavy atom. The van der Waals surface area contributed by atoms with Crippen molar-refractivity contribution in [2.45, 2.75) is 191 Å².